The first-order chi connectivity index (χ1) is 11.1. The maximum Gasteiger partial charge on any atom is 0.193 e. The van der Waals surface area contributed by atoms with Crippen LogP contribution in [0, 0.1) is 0 Å². The van der Waals surface area contributed by atoms with Crippen LogP contribution in [-0.2, 0) is 11.3 Å². The summed E-state index contributed by atoms with van der Waals surface area (Å²) in [6.45, 7) is 4.27. The fourth-order valence-electron chi connectivity index (χ4n) is 2.18. The Labute approximate surface area is 163 Å². The number of halogens is 1. The maximum atomic E-state index is 5.18. The van der Waals surface area contributed by atoms with Gasteiger partial charge in [-0.1, -0.05) is 12.1 Å². The number of rotatable bonds is 9. The first-order valence-corrected chi connectivity index (χ1v) is 7.83. The van der Waals surface area contributed by atoms with Crippen LogP contribution >= 0.6 is 24.0 Å². The van der Waals surface area contributed by atoms with Gasteiger partial charge in [0.05, 0.1) is 13.7 Å². The Morgan fingerprint density at radius 1 is 1.12 bits per heavy atom. The summed E-state index contributed by atoms with van der Waals surface area (Å²) in [5.74, 6) is 1.76. The molecule has 0 atom stereocenters. The Kier molecular flexibility index (Phi) is 12.7. The summed E-state index contributed by atoms with van der Waals surface area (Å²) < 4.78 is 10.3. The molecule has 0 bridgehead atoms. The van der Waals surface area contributed by atoms with E-state index in [2.05, 4.69) is 39.3 Å². The third kappa shape index (κ3) is 8.70. The Morgan fingerprint density at radius 2 is 1.79 bits per heavy atom. The van der Waals surface area contributed by atoms with Gasteiger partial charge in [-0.3, -0.25) is 4.99 Å². The lowest BCUT2D eigenvalue weighted by molar-refractivity contribution is 0.162. The molecule has 0 spiro atoms. The summed E-state index contributed by atoms with van der Waals surface area (Å²) in [7, 11) is 9.33. The van der Waals surface area contributed by atoms with Gasteiger partial charge in [0.2, 0.25) is 0 Å². The molecule has 0 heterocycles. The minimum atomic E-state index is 0. The predicted octanol–water partition coefficient (Wildman–Crippen LogP) is 1.90. The topological polar surface area (TPSA) is 49.3 Å². The van der Waals surface area contributed by atoms with Crippen LogP contribution in [0.4, 0.5) is 0 Å². The van der Waals surface area contributed by atoms with E-state index in [1.165, 1.54) is 5.56 Å². The lowest BCUT2D eigenvalue weighted by Crippen LogP contribution is -2.42. The zero-order valence-electron chi connectivity index (χ0n) is 15.4. The molecule has 0 aliphatic heterocycles. The van der Waals surface area contributed by atoms with Crippen molar-refractivity contribution in [3.05, 3.63) is 29.8 Å². The van der Waals surface area contributed by atoms with Gasteiger partial charge in [0.15, 0.2) is 5.96 Å². The highest BCUT2D eigenvalue weighted by Crippen LogP contribution is 2.12. The molecule has 0 fully saturated rings. The van der Waals surface area contributed by atoms with E-state index in [9.17, 15) is 0 Å². The smallest absolute Gasteiger partial charge is 0.193 e. The third-order valence-electron chi connectivity index (χ3n) is 3.61. The van der Waals surface area contributed by atoms with Gasteiger partial charge < -0.3 is 24.6 Å². The number of hydrogen-bond acceptors (Lipinski definition) is 4. The molecular formula is C17H31IN4O2. The van der Waals surface area contributed by atoms with Gasteiger partial charge >= 0.3 is 0 Å². The Hall–Kier alpha value is -1.06. The van der Waals surface area contributed by atoms with Crippen molar-refractivity contribution in [2.24, 2.45) is 4.99 Å². The van der Waals surface area contributed by atoms with Crippen LogP contribution in [-0.4, -0.2) is 77.4 Å². The van der Waals surface area contributed by atoms with E-state index in [1.807, 2.05) is 26.2 Å². The number of hydrogen-bond donors (Lipinski definition) is 1. The van der Waals surface area contributed by atoms with Crippen molar-refractivity contribution in [3.63, 3.8) is 0 Å². The highest BCUT2D eigenvalue weighted by atomic mass is 127. The Morgan fingerprint density at radius 3 is 2.33 bits per heavy atom. The van der Waals surface area contributed by atoms with Crippen molar-refractivity contribution < 1.29 is 9.47 Å². The molecule has 0 amide bonds. The summed E-state index contributed by atoms with van der Waals surface area (Å²) >= 11 is 0. The zero-order chi connectivity index (χ0) is 17.1. The largest absolute Gasteiger partial charge is 0.497 e. The minimum absolute atomic E-state index is 0. The van der Waals surface area contributed by atoms with Crippen molar-refractivity contribution in [1.82, 2.24) is 15.1 Å². The fourth-order valence-corrected chi connectivity index (χ4v) is 2.18. The molecule has 1 rings (SSSR count). The molecule has 1 N–H and O–H groups in total. The van der Waals surface area contributed by atoms with Crippen LogP contribution in [0.2, 0.25) is 0 Å². The van der Waals surface area contributed by atoms with E-state index in [4.69, 9.17) is 9.47 Å². The molecule has 0 saturated carbocycles. The predicted molar refractivity (Wildman–Crippen MR) is 111 cm³/mol. The second-order valence-electron chi connectivity index (χ2n) is 5.47. The summed E-state index contributed by atoms with van der Waals surface area (Å²) in [5, 5.41) is 3.39. The fraction of sp³-hybridized carbons (Fsp3) is 0.588. The van der Waals surface area contributed by atoms with E-state index in [-0.39, 0.29) is 24.0 Å². The first-order valence-electron chi connectivity index (χ1n) is 7.83. The second-order valence-corrected chi connectivity index (χ2v) is 5.47. The number of benzene rings is 1. The van der Waals surface area contributed by atoms with Gasteiger partial charge in [0.25, 0.3) is 0 Å². The Bertz CT molecular complexity index is 468. The number of ether oxygens (including phenoxy) is 2. The molecule has 0 aliphatic rings. The molecule has 24 heavy (non-hydrogen) atoms. The van der Waals surface area contributed by atoms with Crippen molar-refractivity contribution in [3.8, 4) is 5.75 Å². The molecule has 1 aromatic rings. The summed E-state index contributed by atoms with van der Waals surface area (Å²) in [6, 6.07) is 8.09. The van der Waals surface area contributed by atoms with Gasteiger partial charge in [-0.15, -0.1) is 24.0 Å². The SMILES string of the molecule is CN=C(NCCN(C)CCOC)N(C)Cc1ccc(OC)cc1.I. The summed E-state index contributed by atoms with van der Waals surface area (Å²) in [4.78, 5) is 8.68. The molecule has 0 aliphatic carbocycles. The highest BCUT2D eigenvalue weighted by Gasteiger charge is 2.07. The Balaban J connectivity index is 0.00000529. The monoisotopic (exact) mass is 450 g/mol. The number of aliphatic imine (C=N–C) groups is 1. The molecule has 0 unspecified atom stereocenters. The van der Waals surface area contributed by atoms with Crippen LogP contribution in [0.3, 0.4) is 0 Å². The zero-order valence-corrected chi connectivity index (χ0v) is 17.7. The lowest BCUT2D eigenvalue weighted by atomic mass is 10.2. The molecular weight excluding hydrogens is 419 g/mol. The second kappa shape index (κ2) is 13.3. The summed E-state index contributed by atoms with van der Waals surface area (Å²) in [6.07, 6.45) is 0. The molecule has 1 aromatic carbocycles. The van der Waals surface area contributed by atoms with Crippen LogP contribution in [0.1, 0.15) is 5.56 Å². The molecule has 0 saturated heterocycles. The van der Waals surface area contributed by atoms with Gasteiger partial charge in [0.1, 0.15) is 5.75 Å². The molecule has 7 heteroatoms. The van der Waals surface area contributed by atoms with Crippen LogP contribution in [0.15, 0.2) is 29.3 Å². The molecule has 138 valence electrons. The van der Waals surface area contributed by atoms with Crippen molar-refractivity contribution in [2.45, 2.75) is 6.54 Å². The quantitative estimate of drug-likeness (QED) is 0.354. The number of nitrogens with zero attached hydrogens (tertiary/aromatic N) is 3. The molecule has 0 aromatic heterocycles. The van der Waals surface area contributed by atoms with Crippen LogP contribution in [0.5, 0.6) is 5.75 Å². The number of methoxy groups -OCH3 is 2. The highest BCUT2D eigenvalue weighted by molar-refractivity contribution is 14.0. The lowest BCUT2D eigenvalue weighted by Gasteiger charge is -2.23. The number of nitrogens with one attached hydrogen (secondary N) is 1. The average Bonchev–Trinajstić information content (AvgIpc) is 2.57. The van der Waals surface area contributed by atoms with Crippen molar-refractivity contribution in [1.29, 1.82) is 0 Å². The maximum absolute atomic E-state index is 5.18. The number of likely N-dealkylation sites (N-methyl/N-ethyl adjacent to an activating group) is 1. The van der Waals surface area contributed by atoms with E-state index in [1.54, 1.807) is 14.2 Å². The average molecular weight is 450 g/mol. The van der Waals surface area contributed by atoms with Gasteiger partial charge in [-0.2, -0.15) is 0 Å². The third-order valence-corrected chi connectivity index (χ3v) is 3.61. The normalized spacial score (nSPS) is 11.2. The van der Waals surface area contributed by atoms with Gasteiger partial charge in [-0.25, -0.2) is 0 Å². The van der Waals surface area contributed by atoms with Gasteiger partial charge in [0, 0.05) is 47.4 Å². The summed E-state index contributed by atoms with van der Waals surface area (Å²) in [5.41, 5.74) is 1.22. The van der Waals surface area contributed by atoms with E-state index < -0.39 is 0 Å². The minimum Gasteiger partial charge on any atom is -0.497 e. The van der Waals surface area contributed by atoms with E-state index in [0.29, 0.717) is 0 Å². The van der Waals surface area contributed by atoms with Crippen molar-refractivity contribution in [2.75, 3.05) is 61.6 Å². The van der Waals surface area contributed by atoms with E-state index >= 15 is 0 Å². The van der Waals surface area contributed by atoms with Gasteiger partial charge in [-0.05, 0) is 24.7 Å². The van der Waals surface area contributed by atoms with Crippen LogP contribution in [0.25, 0.3) is 0 Å². The first kappa shape index (κ1) is 22.9. The standard InChI is InChI=1S/C17H30N4O2.HI/c1-18-17(19-10-11-20(2)12-13-22-4)21(3)14-15-6-8-16(23-5)9-7-15;/h6-9H,10-14H2,1-5H3,(H,18,19);1H. The molecule has 0 radical (unpaired) electrons. The molecule has 6 nitrogen and oxygen atoms in total. The van der Waals surface area contributed by atoms with E-state index in [0.717, 1.165) is 44.5 Å². The number of guanidine groups is 1. The van der Waals surface area contributed by atoms with Crippen molar-refractivity contribution >= 4 is 29.9 Å². The van der Waals surface area contributed by atoms with Crippen LogP contribution < -0.4 is 10.1 Å².